The van der Waals surface area contributed by atoms with Crippen molar-refractivity contribution in [3.8, 4) is 0 Å². The van der Waals surface area contributed by atoms with Crippen LogP contribution in [0.1, 0.15) is 32.6 Å². The maximum absolute atomic E-state index is 11.6. The van der Waals surface area contributed by atoms with Crippen LogP contribution >= 0.6 is 0 Å². The molecule has 2 aromatic rings. The highest BCUT2D eigenvalue weighted by atomic mass is 32.2. The Kier molecular flexibility index (Phi) is 3.91. The molecule has 0 aromatic carbocycles. The predicted octanol–water partition coefficient (Wildman–Crippen LogP) is 0.387. The summed E-state index contributed by atoms with van der Waals surface area (Å²) in [7, 11) is -3.90. The van der Waals surface area contributed by atoms with Gasteiger partial charge in [-0.05, 0) is 18.9 Å². The summed E-state index contributed by atoms with van der Waals surface area (Å²) in [4.78, 5) is 0. The summed E-state index contributed by atoms with van der Waals surface area (Å²) in [5, 5.41) is 16.8. The highest BCUT2D eigenvalue weighted by molar-refractivity contribution is 7.89. The molecule has 0 saturated carbocycles. The number of hydrogen-bond acceptors (Lipinski definition) is 5. The first-order chi connectivity index (χ1) is 9.30. The number of sulfonamides is 1. The van der Waals surface area contributed by atoms with E-state index in [1.165, 1.54) is 0 Å². The molecule has 0 spiro atoms. The van der Waals surface area contributed by atoms with Crippen molar-refractivity contribution in [2.75, 3.05) is 0 Å². The van der Waals surface area contributed by atoms with Crippen LogP contribution in [0.25, 0.3) is 0 Å². The van der Waals surface area contributed by atoms with E-state index in [4.69, 9.17) is 5.14 Å². The van der Waals surface area contributed by atoms with Crippen LogP contribution in [0.15, 0.2) is 23.6 Å². The normalized spacial score (nSPS) is 13.8. The second-order valence-electron chi connectivity index (χ2n) is 5.05. The van der Waals surface area contributed by atoms with Gasteiger partial charge in [0.05, 0.1) is 0 Å². The topological polar surface area (TPSA) is 109 Å². The Morgan fingerprint density at radius 3 is 2.50 bits per heavy atom. The molecule has 1 unspecified atom stereocenters. The van der Waals surface area contributed by atoms with Gasteiger partial charge in [0.25, 0.3) is 15.2 Å². The molecule has 2 rings (SSSR count). The zero-order chi connectivity index (χ0) is 14.9. The van der Waals surface area contributed by atoms with E-state index in [-0.39, 0.29) is 17.1 Å². The molecular formula is C11H18N6O2S. The van der Waals surface area contributed by atoms with Gasteiger partial charge >= 0.3 is 0 Å². The Labute approximate surface area is 117 Å². The van der Waals surface area contributed by atoms with Crippen LogP contribution in [0.2, 0.25) is 0 Å². The average molecular weight is 298 g/mol. The van der Waals surface area contributed by atoms with Crippen LogP contribution in [0.4, 0.5) is 0 Å². The molecule has 0 amide bonds. The molecule has 9 heteroatoms. The second kappa shape index (κ2) is 5.33. The van der Waals surface area contributed by atoms with E-state index >= 15 is 0 Å². The van der Waals surface area contributed by atoms with Crippen molar-refractivity contribution in [1.82, 2.24) is 24.5 Å². The fraction of sp³-hybridized carbons (Fsp3) is 0.545. The van der Waals surface area contributed by atoms with Crippen molar-refractivity contribution in [3.63, 3.8) is 0 Å². The van der Waals surface area contributed by atoms with E-state index in [0.29, 0.717) is 12.4 Å². The Morgan fingerprint density at radius 2 is 2.00 bits per heavy atom. The van der Waals surface area contributed by atoms with Crippen LogP contribution in [0.5, 0.6) is 0 Å². The van der Waals surface area contributed by atoms with Crippen LogP contribution < -0.4 is 5.14 Å². The number of hydrogen-bond donors (Lipinski definition) is 1. The fourth-order valence-electron chi connectivity index (χ4n) is 1.98. The largest absolute Gasteiger partial charge is 0.299 e. The molecule has 0 aliphatic carbocycles. The lowest BCUT2D eigenvalue weighted by Gasteiger charge is -2.16. The van der Waals surface area contributed by atoms with Crippen LogP contribution in [0, 0.1) is 5.92 Å². The zero-order valence-corrected chi connectivity index (χ0v) is 12.4. The average Bonchev–Trinajstić information content (AvgIpc) is 2.94. The zero-order valence-electron chi connectivity index (χ0n) is 11.6. The molecule has 8 nitrogen and oxygen atoms in total. The van der Waals surface area contributed by atoms with E-state index in [9.17, 15) is 8.42 Å². The fourth-order valence-corrected chi connectivity index (χ4v) is 2.61. The van der Waals surface area contributed by atoms with Gasteiger partial charge in [-0.25, -0.2) is 13.6 Å². The number of rotatable bonds is 5. The number of nitrogens with two attached hydrogens (primary N) is 1. The van der Waals surface area contributed by atoms with Gasteiger partial charge in [0.1, 0.15) is 6.04 Å². The van der Waals surface area contributed by atoms with E-state index < -0.39 is 10.0 Å². The third kappa shape index (κ3) is 2.88. The molecule has 20 heavy (non-hydrogen) atoms. The monoisotopic (exact) mass is 298 g/mol. The van der Waals surface area contributed by atoms with Crippen molar-refractivity contribution in [2.24, 2.45) is 11.1 Å². The Balaban J connectivity index is 2.51. The van der Waals surface area contributed by atoms with Gasteiger partial charge in [-0.1, -0.05) is 13.8 Å². The third-order valence-electron chi connectivity index (χ3n) is 2.84. The lowest BCUT2D eigenvalue weighted by atomic mass is 10.2. The highest BCUT2D eigenvalue weighted by Crippen LogP contribution is 2.19. The first-order valence-electron chi connectivity index (χ1n) is 6.25. The van der Waals surface area contributed by atoms with Gasteiger partial charge < -0.3 is 0 Å². The quantitative estimate of drug-likeness (QED) is 0.858. The molecule has 2 N–H and O–H groups in total. The van der Waals surface area contributed by atoms with Gasteiger partial charge in [-0.15, -0.1) is 10.2 Å². The van der Waals surface area contributed by atoms with E-state index in [1.54, 1.807) is 27.7 Å². The Bertz CT molecular complexity index is 674. The summed E-state index contributed by atoms with van der Waals surface area (Å²) in [6, 6.07) is 1.56. The summed E-state index contributed by atoms with van der Waals surface area (Å²) >= 11 is 0. The minimum atomic E-state index is -3.90. The second-order valence-corrected chi connectivity index (χ2v) is 6.51. The summed E-state index contributed by atoms with van der Waals surface area (Å²) in [5.41, 5.74) is 0. The Hall–Kier alpha value is -1.74. The number of aromatic nitrogens is 5. The molecule has 2 heterocycles. The van der Waals surface area contributed by atoms with Crippen molar-refractivity contribution in [3.05, 3.63) is 24.3 Å². The molecule has 0 bridgehead atoms. The molecule has 0 radical (unpaired) electrons. The highest BCUT2D eigenvalue weighted by Gasteiger charge is 2.25. The van der Waals surface area contributed by atoms with Crippen molar-refractivity contribution >= 4 is 10.0 Å². The minimum absolute atomic E-state index is 0.208. The predicted molar refractivity (Wildman–Crippen MR) is 72.3 cm³/mol. The smallest absolute Gasteiger partial charge is 0.273 e. The Morgan fingerprint density at radius 1 is 1.30 bits per heavy atom. The lowest BCUT2D eigenvalue weighted by Crippen LogP contribution is -2.23. The molecule has 110 valence electrons. The number of primary sulfonamides is 1. The SMILES string of the molecule is CC(C)Cn1c(C(C)n2cccn2)nnc1S(N)(=O)=O. The van der Waals surface area contributed by atoms with Crippen molar-refractivity contribution in [1.29, 1.82) is 0 Å². The summed E-state index contributed by atoms with van der Waals surface area (Å²) in [5.74, 6) is 0.751. The standard InChI is InChI=1S/C11H18N6O2S/c1-8(2)7-16-10(9(3)17-6-4-5-13-17)14-15-11(16)20(12,18)19/h4-6,8-9H,7H2,1-3H3,(H2,12,18,19). The lowest BCUT2D eigenvalue weighted by molar-refractivity contribution is 0.436. The molecule has 0 fully saturated rings. The maximum Gasteiger partial charge on any atom is 0.273 e. The number of nitrogens with zero attached hydrogens (tertiary/aromatic N) is 5. The molecule has 0 aliphatic rings. The molecule has 0 saturated heterocycles. The molecule has 2 aromatic heterocycles. The first-order valence-corrected chi connectivity index (χ1v) is 7.80. The van der Waals surface area contributed by atoms with Gasteiger partial charge in [0, 0.05) is 18.9 Å². The summed E-state index contributed by atoms with van der Waals surface area (Å²) < 4.78 is 26.4. The first kappa shape index (κ1) is 14.7. The summed E-state index contributed by atoms with van der Waals surface area (Å²) in [6.45, 7) is 6.31. The minimum Gasteiger partial charge on any atom is -0.299 e. The van der Waals surface area contributed by atoms with Crippen molar-refractivity contribution in [2.45, 2.75) is 38.5 Å². The van der Waals surface area contributed by atoms with Crippen molar-refractivity contribution < 1.29 is 8.42 Å². The maximum atomic E-state index is 11.6. The third-order valence-corrected chi connectivity index (χ3v) is 3.65. The van der Waals surface area contributed by atoms with Crippen LogP contribution in [0.3, 0.4) is 0 Å². The molecular weight excluding hydrogens is 280 g/mol. The van der Waals surface area contributed by atoms with Gasteiger partial charge in [0.2, 0.25) is 0 Å². The van der Waals surface area contributed by atoms with E-state index in [0.717, 1.165) is 0 Å². The van der Waals surface area contributed by atoms with Crippen LogP contribution in [-0.4, -0.2) is 33.0 Å². The van der Waals surface area contributed by atoms with E-state index in [2.05, 4.69) is 15.3 Å². The van der Waals surface area contributed by atoms with Crippen LogP contribution in [-0.2, 0) is 16.6 Å². The summed E-state index contributed by atoms with van der Waals surface area (Å²) in [6.07, 6.45) is 3.44. The van der Waals surface area contributed by atoms with Gasteiger partial charge in [0.15, 0.2) is 5.82 Å². The molecule has 0 aliphatic heterocycles. The van der Waals surface area contributed by atoms with Gasteiger partial charge in [-0.2, -0.15) is 5.10 Å². The van der Waals surface area contributed by atoms with Gasteiger partial charge in [-0.3, -0.25) is 9.25 Å². The molecule has 1 atom stereocenters. The van der Waals surface area contributed by atoms with E-state index in [1.807, 2.05) is 20.8 Å².